The van der Waals surface area contributed by atoms with E-state index in [1.54, 1.807) is 0 Å². The Labute approximate surface area is 117 Å². The normalized spacial score (nSPS) is 10.3. The summed E-state index contributed by atoms with van der Waals surface area (Å²) in [5.41, 5.74) is 0.425. The van der Waals surface area contributed by atoms with Gasteiger partial charge in [-0.15, -0.1) is 5.10 Å². The molecule has 0 saturated heterocycles. The zero-order valence-electron chi connectivity index (χ0n) is 11.9. The van der Waals surface area contributed by atoms with Crippen LogP contribution in [0.3, 0.4) is 0 Å². The molecule has 0 N–H and O–H groups in total. The standard InChI is InChI=1S/C12H19N3O5/c1-4-20-7-5-6-15-9(8-10(16)18-2)11(13-14-15)12(17)19-3/h4-8H2,1-3H3. The topological polar surface area (TPSA) is 92.5 Å². The van der Waals surface area contributed by atoms with Crippen molar-refractivity contribution < 1.29 is 23.8 Å². The van der Waals surface area contributed by atoms with Gasteiger partial charge in [0.15, 0.2) is 5.69 Å². The second-order valence-corrected chi connectivity index (χ2v) is 3.90. The van der Waals surface area contributed by atoms with E-state index in [2.05, 4.69) is 19.8 Å². The van der Waals surface area contributed by atoms with E-state index in [1.807, 2.05) is 6.92 Å². The molecule has 0 spiro atoms. The molecule has 1 heterocycles. The highest BCUT2D eigenvalue weighted by atomic mass is 16.5. The molecule has 1 aromatic rings. The highest BCUT2D eigenvalue weighted by molar-refractivity contribution is 5.89. The number of carbonyl (C=O) groups is 2. The van der Waals surface area contributed by atoms with E-state index >= 15 is 0 Å². The van der Waals surface area contributed by atoms with Crippen LogP contribution in [0.4, 0.5) is 0 Å². The Balaban J connectivity index is 2.84. The summed E-state index contributed by atoms with van der Waals surface area (Å²) in [5, 5.41) is 7.64. The van der Waals surface area contributed by atoms with Crippen LogP contribution in [-0.4, -0.2) is 54.4 Å². The van der Waals surface area contributed by atoms with Crippen LogP contribution in [0.1, 0.15) is 29.5 Å². The van der Waals surface area contributed by atoms with Gasteiger partial charge in [0.2, 0.25) is 0 Å². The number of aromatic nitrogens is 3. The molecule has 8 heteroatoms. The van der Waals surface area contributed by atoms with Crippen LogP contribution in [0.2, 0.25) is 0 Å². The van der Waals surface area contributed by atoms with Crippen LogP contribution in [-0.2, 0) is 32.0 Å². The highest BCUT2D eigenvalue weighted by Gasteiger charge is 2.22. The van der Waals surface area contributed by atoms with Crippen molar-refractivity contribution in [1.82, 2.24) is 15.0 Å². The third-order valence-corrected chi connectivity index (χ3v) is 2.62. The van der Waals surface area contributed by atoms with Gasteiger partial charge in [0.05, 0.1) is 26.3 Å². The van der Waals surface area contributed by atoms with E-state index in [1.165, 1.54) is 18.9 Å². The summed E-state index contributed by atoms with van der Waals surface area (Å²) < 4.78 is 16.0. The molecule has 0 saturated carbocycles. The van der Waals surface area contributed by atoms with Crippen LogP contribution in [0.15, 0.2) is 0 Å². The maximum Gasteiger partial charge on any atom is 0.360 e. The van der Waals surface area contributed by atoms with Gasteiger partial charge in [-0.05, 0) is 13.3 Å². The minimum Gasteiger partial charge on any atom is -0.469 e. The molecule has 0 fully saturated rings. The van der Waals surface area contributed by atoms with Gasteiger partial charge in [-0.2, -0.15) is 0 Å². The zero-order chi connectivity index (χ0) is 15.0. The van der Waals surface area contributed by atoms with Gasteiger partial charge in [0.1, 0.15) is 0 Å². The summed E-state index contributed by atoms with van der Waals surface area (Å²) in [7, 11) is 2.53. The van der Waals surface area contributed by atoms with Gasteiger partial charge in [0, 0.05) is 19.8 Å². The first-order valence-corrected chi connectivity index (χ1v) is 6.29. The van der Waals surface area contributed by atoms with E-state index in [-0.39, 0.29) is 12.1 Å². The predicted molar refractivity (Wildman–Crippen MR) is 68.2 cm³/mol. The average molecular weight is 285 g/mol. The lowest BCUT2D eigenvalue weighted by Gasteiger charge is -2.06. The molecule has 8 nitrogen and oxygen atoms in total. The third-order valence-electron chi connectivity index (χ3n) is 2.62. The van der Waals surface area contributed by atoms with E-state index in [9.17, 15) is 9.59 Å². The van der Waals surface area contributed by atoms with Crippen molar-refractivity contribution in [2.24, 2.45) is 0 Å². The maximum absolute atomic E-state index is 11.6. The van der Waals surface area contributed by atoms with Crippen molar-refractivity contribution in [3.05, 3.63) is 11.4 Å². The van der Waals surface area contributed by atoms with Crippen LogP contribution in [0, 0.1) is 0 Å². The molecular formula is C12H19N3O5. The number of ether oxygens (including phenoxy) is 3. The summed E-state index contributed by atoms with van der Waals surface area (Å²) in [4.78, 5) is 23.0. The molecule has 20 heavy (non-hydrogen) atoms. The quantitative estimate of drug-likeness (QED) is 0.498. The Hall–Kier alpha value is -1.96. The van der Waals surface area contributed by atoms with Crippen LogP contribution < -0.4 is 0 Å². The van der Waals surface area contributed by atoms with Crippen LogP contribution >= 0.6 is 0 Å². The summed E-state index contributed by atoms with van der Waals surface area (Å²) in [6.07, 6.45) is 0.620. The number of methoxy groups -OCH3 is 2. The van der Waals surface area contributed by atoms with Crippen molar-refractivity contribution >= 4 is 11.9 Å². The molecule has 1 aromatic heterocycles. The molecule has 0 atom stereocenters. The molecule has 0 aliphatic heterocycles. The largest absolute Gasteiger partial charge is 0.469 e. The second-order valence-electron chi connectivity index (χ2n) is 3.90. The maximum atomic E-state index is 11.6. The first-order valence-electron chi connectivity index (χ1n) is 6.29. The first kappa shape index (κ1) is 16.1. The van der Waals surface area contributed by atoms with Gasteiger partial charge < -0.3 is 14.2 Å². The predicted octanol–water partition coefficient (Wildman–Crippen LogP) is 0.207. The molecule has 0 unspecified atom stereocenters. The SMILES string of the molecule is CCOCCCn1nnc(C(=O)OC)c1CC(=O)OC. The summed E-state index contributed by atoms with van der Waals surface area (Å²) in [5.74, 6) is -1.09. The van der Waals surface area contributed by atoms with Gasteiger partial charge in [-0.25, -0.2) is 9.48 Å². The fraction of sp³-hybridized carbons (Fsp3) is 0.667. The zero-order valence-corrected chi connectivity index (χ0v) is 11.9. The smallest absolute Gasteiger partial charge is 0.360 e. The molecule has 0 aliphatic rings. The molecule has 0 aliphatic carbocycles. The number of hydrogen-bond acceptors (Lipinski definition) is 7. The van der Waals surface area contributed by atoms with E-state index < -0.39 is 11.9 Å². The minimum atomic E-state index is -0.625. The van der Waals surface area contributed by atoms with E-state index in [0.29, 0.717) is 31.9 Å². The molecule has 0 radical (unpaired) electrons. The Morgan fingerprint density at radius 1 is 1.25 bits per heavy atom. The Morgan fingerprint density at radius 3 is 2.60 bits per heavy atom. The molecule has 1 rings (SSSR count). The third kappa shape index (κ3) is 4.30. The molecule has 0 amide bonds. The van der Waals surface area contributed by atoms with Gasteiger partial charge >= 0.3 is 11.9 Å². The van der Waals surface area contributed by atoms with Crippen LogP contribution in [0.5, 0.6) is 0 Å². The number of hydrogen-bond donors (Lipinski definition) is 0. The Bertz CT molecular complexity index is 458. The van der Waals surface area contributed by atoms with Crippen LogP contribution in [0.25, 0.3) is 0 Å². The van der Waals surface area contributed by atoms with Gasteiger partial charge in [-0.1, -0.05) is 5.21 Å². The lowest BCUT2D eigenvalue weighted by Crippen LogP contribution is -2.16. The van der Waals surface area contributed by atoms with Crippen molar-refractivity contribution in [3.8, 4) is 0 Å². The van der Waals surface area contributed by atoms with E-state index in [4.69, 9.17) is 4.74 Å². The highest BCUT2D eigenvalue weighted by Crippen LogP contribution is 2.09. The number of nitrogens with zero attached hydrogens (tertiary/aromatic N) is 3. The van der Waals surface area contributed by atoms with Crippen molar-refractivity contribution in [3.63, 3.8) is 0 Å². The first-order chi connectivity index (χ1) is 9.63. The molecule has 112 valence electrons. The van der Waals surface area contributed by atoms with Crippen molar-refractivity contribution in [1.29, 1.82) is 0 Å². The lowest BCUT2D eigenvalue weighted by molar-refractivity contribution is -0.139. The number of aryl methyl sites for hydroxylation is 1. The monoisotopic (exact) mass is 285 g/mol. The van der Waals surface area contributed by atoms with Gasteiger partial charge in [-0.3, -0.25) is 4.79 Å². The van der Waals surface area contributed by atoms with E-state index in [0.717, 1.165) is 0 Å². The Kier molecular flexibility index (Phi) is 6.65. The summed E-state index contributed by atoms with van der Waals surface area (Å²) in [6.45, 7) is 3.62. The number of esters is 2. The lowest BCUT2D eigenvalue weighted by atomic mass is 10.2. The van der Waals surface area contributed by atoms with Crippen molar-refractivity contribution in [2.75, 3.05) is 27.4 Å². The second kappa shape index (κ2) is 8.26. The fourth-order valence-electron chi connectivity index (χ4n) is 1.61. The summed E-state index contributed by atoms with van der Waals surface area (Å²) in [6, 6.07) is 0. The molecule has 0 aromatic carbocycles. The number of rotatable bonds is 8. The average Bonchev–Trinajstić information content (AvgIpc) is 2.85. The number of carbonyl (C=O) groups excluding carboxylic acids is 2. The Morgan fingerprint density at radius 2 is 2.00 bits per heavy atom. The molecule has 0 bridgehead atoms. The molecular weight excluding hydrogens is 266 g/mol. The fourth-order valence-corrected chi connectivity index (χ4v) is 1.61. The summed E-state index contributed by atoms with van der Waals surface area (Å²) >= 11 is 0. The van der Waals surface area contributed by atoms with Crippen molar-refractivity contribution in [2.45, 2.75) is 26.3 Å². The minimum absolute atomic E-state index is 0.0364. The van der Waals surface area contributed by atoms with Gasteiger partial charge in [0.25, 0.3) is 0 Å².